The third-order valence-electron chi connectivity index (χ3n) is 14.3. The lowest BCUT2D eigenvalue weighted by Gasteiger charge is -2.36. The molecule has 2 aliphatic rings. The van der Waals surface area contributed by atoms with Crippen LogP contribution in [0.25, 0.3) is 43.1 Å². The van der Waals surface area contributed by atoms with Crippen molar-refractivity contribution in [3.8, 4) is 0 Å². The van der Waals surface area contributed by atoms with Crippen molar-refractivity contribution in [1.29, 1.82) is 0 Å². The average Bonchev–Trinajstić information content (AvgIpc) is 3.31. The van der Waals surface area contributed by atoms with Gasteiger partial charge in [-0.05, 0) is 77.1 Å². The van der Waals surface area contributed by atoms with Crippen molar-refractivity contribution in [3.05, 3.63) is 101 Å². The molecule has 64 heavy (non-hydrogen) atoms. The minimum atomic E-state index is -0.193. The number of nitrogens with zero attached hydrogens (tertiary/aromatic N) is 2. The van der Waals surface area contributed by atoms with Gasteiger partial charge in [0.2, 0.25) is 0 Å². The Labute approximate surface area is 385 Å². The minimum absolute atomic E-state index is 0.135. The normalized spacial score (nSPS) is 14.1. The molecule has 336 valence electrons. The van der Waals surface area contributed by atoms with E-state index in [-0.39, 0.29) is 35.7 Å². The molecule has 0 saturated carbocycles. The Hall–Kier alpha value is -4.75. The van der Waals surface area contributed by atoms with Crippen LogP contribution in [-0.4, -0.2) is 45.5 Å². The summed E-state index contributed by atoms with van der Waals surface area (Å²) >= 11 is 1.71. The fourth-order valence-electron chi connectivity index (χ4n) is 10.9. The number of hydrogen-bond acceptors (Lipinski definition) is 5. The number of unbranched alkanes of at least 4 members (excludes halogenated alkanes) is 12. The highest BCUT2D eigenvalue weighted by Gasteiger charge is 2.41. The molecule has 0 aromatic heterocycles. The molecule has 8 rings (SSSR count). The number of carbonyl (C=O) groups is 4. The molecular weight excluding hydrogens is 809 g/mol. The lowest BCUT2D eigenvalue weighted by molar-refractivity contribution is 0.0501. The molecule has 6 aromatic rings. The average molecular weight is 877 g/mol. The van der Waals surface area contributed by atoms with Crippen molar-refractivity contribution in [2.45, 2.75) is 179 Å². The standard InChI is InChI=1S/C57H68N2O4S/c1-5-9-13-20-26-39(27-21-14-10-6-2)58-54(60)44-33-30-41-42-31-34-46-51-47(57(63)59(56(46)62)40(28-22-15-11-7-3)29-23-16-12-8-4)36-48(64-37-38-24-18-17-19-25-38)52(53(42)51)43-32-35-45(55(58)61)50(44)49(41)43/h17-19,24-25,30-36,39-40H,5-16,20-23,26-29,37H2,1-4H3. The van der Waals surface area contributed by atoms with Gasteiger partial charge in [-0.2, -0.15) is 0 Å². The number of rotatable bonds is 25. The zero-order chi connectivity index (χ0) is 44.7. The van der Waals surface area contributed by atoms with E-state index >= 15 is 4.79 Å². The molecule has 0 radical (unpaired) electrons. The first-order chi connectivity index (χ1) is 31.3. The summed E-state index contributed by atoms with van der Waals surface area (Å²) in [5.74, 6) is -0.0729. The van der Waals surface area contributed by atoms with Crippen molar-refractivity contribution in [3.63, 3.8) is 0 Å². The van der Waals surface area contributed by atoms with Crippen LogP contribution in [0.3, 0.4) is 0 Å². The second-order valence-electron chi connectivity index (χ2n) is 18.7. The highest BCUT2D eigenvalue weighted by atomic mass is 32.2. The molecule has 0 saturated heterocycles. The molecule has 0 bridgehead atoms. The zero-order valence-electron chi connectivity index (χ0n) is 38.9. The Morgan fingerprint density at radius 3 is 1.27 bits per heavy atom. The fourth-order valence-corrected chi connectivity index (χ4v) is 12.0. The molecule has 0 aliphatic carbocycles. The lowest BCUT2D eigenvalue weighted by atomic mass is 9.81. The van der Waals surface area contributed by atoms with Gasteiger partial charge in [-0.3, -0.25) is 29.0 Å². The van der Waals surface area contributed by atoms with Crippen molar-refractivity contribution in [2.75, 3.05) is 0 Å². The van der Waals surface area contributed by atoms with Gasteiger partial charge in [-0.25, -0.2) is 0 Å². The number of amides is 4. The van der Waals surface area contributed by atoms with Gasteiger partial charge in [0, 0.05) is 66.5 Å². The summed E-state index contributed by atoms with van der Waals surface area (Å²) in [5, 5.41) is 7.06. The van der Waals surface area contributed by atoms with E-state index in [0.717, 1.165) is 176 Å². The maximum Gasteiger partial charge on any atom is 0.261 e. The Bertz CT molecular complexity index is 2590. The summed E-state index contributed by atoms with van der Waals surface area (Å²) in [5.41, 5.74) is 3.52. The van der Waals surface area contributed by atoms with Gasteiger partial charge >= 0.3 is 0 Å². The molecule has 0 N–H and O–H groups in total. The molecule has 7 heteroatoms. The van der Waals surface area contributed by atoms with Crippen molar-refractivity contribution in [1.82, 2.24) is 9.80 Å². The number of hydrogen-bond donors (Lipinski definition) is 0. The molecular formula is C57H68N2O4S. The second-order valence-corrected chi connectivity index (χ2v) is 19.7. The first-order valence-electron chi connectivity index (χ1n) is 25.0. The molecule has 0 fully saturated rings. The first-order valence-corrected chi connectivity index (χ1v) is 26.0. The summed E-state index contributed by atoms with van der Waals surface area (Å²) in [6.07, 6.45) is 20.8. The van der Waals surface area contributed by atoms with Gasteiger partial charge in [0.1, 0.15) is 0 Å². The number of fused-ring (bicyclic) bond motifs is 2. The van der Waals surface area contributed by atoms with E-state index in [1.54, 1.807) is 21.6 Å². The summed E-state index contributed by atoms with van der Waals surface area (Å²) in [6, 6.07) is 24.2. The van der Waals surface area contributed by atoms with Crippen LogP contribution in [0.5, 0.6) is 0 Å². The molecule has 6 nitrogen and oxygen atoms in total. The Kier molecular flexibility index (Phi) is 15.1. The lowest BCUT2D eigenvalue weighted by Crippen LogP contribution is -2.47. The first kappa shape index (κ1) is 45.8. The zero-order valence-corrected chi connectivity index (χ0v) is 39.7. The number of carbonyl (C=O) groups excluding carboxylic acids is 4. The predicted octanol–water partition coefficient (Wildman–Crippen LogP) is 15.8. The minimum Gasteiger partial charge on any atom is -0.271 e. The quantitative estimate of drug-likeness (QED) is 0.0188. The van der Waals surface area contributed by atoms with Crippen LogP contribution in [0, 0.1) is 0 Å². The summed E-state index contributed by atoms with van der Waals surface area (Å²) in [6.45, 7) is 8.84. The highest BCUT2D eigenvalue weighted by molar-refractivity contribution is 7.98. The molecule has 4 amide bonds. The molecule has 6 aromatic carbocycles. The van der Waals surface area contributed by atoms with Gasteiger partial charge in [-0.15, -0.1) is 11.8 Å². The predicted molar refractivity (Wildman–Crippen MR) is 267 cm³/mol. The Morgan fingerprint density at radius 1 is 0.406 bits per heavy atom. The van der Waals surface area contributed by atoms with Crippen LogP contribution in [0.2, 0.25) is 0 Å². The van der Waals surface area contributed by atoms with Gasteiger partial charge in [0.15, 0.2) is 0 Å². The summed E-state index contributed by atoms with van der Waals surface area (Å²) in [4.78, 5) is 63.9. The fraction of sp³-hybridized carbons (Fsp3) is 0.474. The third-order valence-corrected chi connectivity index (χ3v) is 15.4. The summed E-state index contributed by atoms with van der Waals surface area (Å²) in [7, 11) is 0. The Morgan fingerprint density at radius 2 is 0.812 bits per heavy atom. The van der Waals surface area contributed by atoms with Crippen LogP contribution < -0.4 is 0 Å². The molecule has 0 spiro atoms. The van der Waals surface area contributed by atoms with Crippen molar-refractivity contribution in [2.24, 2.45) is 0 Å². The monoisotopic (exact) mass is 876 g/mol. The van der Waals surface area contributed by atoms with E-state index in [1.807, 2.05) is 24.3 Å². The topological polar surface area (TPSA) is 74.8 Å². The molecule has 2 aliphatic heterocycles. The molecule has 0 atom stereocenters. The second kappa shape index (κ2) is 21.0. The van der Waals surface area contributed by atoms with Crippen LogP contribution in [0.15, 0.2) is 77.7 Å². The van der Waals surface area contributed by atoms with E-state index in [1.165, 1.54) is 5.56 Å². The number of thioether (sulfide) groups is 1. The Balaban J connectivity index is 1.28. The van der Waals surface area contributed by atoms with Gasteiger partial charge in [-0.1, -0.05) is 179 Å². The largest absolute Gasteiger partial charge is 0.271 e. The van der Waals surface area contributed by atoms with Crippen LogP contribution >= 0.6 is 11.8 Å². The number of imide groups is 2. The smallest absolute Gasteiger partial charge is 0.261 e. The van der Waals surface area contributed by atoms with Crippen LogP contribution in [-0.2, 0) is 5.75 Å². The SMILES string of the molecule is CCCCCCC(CCCCCC)N1C(=O)c2ccc3c4ccc5c6c(cc(SCc7ccccc7)c(c7ccc(c2c37)C1=O)c64)C(=O)N(C(CCCCCC)CCCCCC)C5=O. The van der Waals surface area contributed by atoms with E-state index in [2.05, 4.69) is 76.2 Å². The number of benzene rings is 6. The van der Waals surface area contributed by atoms with Gasteiger partial charge in [0.05, 0.1) is 0 Å². The van der Waals surface area contributed by atoms with Gasteiger partial charge < -0.3 is 0 Å². The van der Waals surface area contributed by atoms with E-state index in [9.17, 15) is 14.4 Å². The van der Waals surface area contributed by atoms with Crippen molar-refractivity contribution < 1.29 is 19.2 Å². The maximum absolute atomic E-state index is 15.1. The van der Waals surface area contributed by atoms with Gasteiger partial charge in [0.25, 0.3) is 23.6 Å². The molecule has 2 heterocycles. The van der Waals surface area contributed by atoms with Crippen molar-refractivity contribution >= 4 is 78.5 Å². The van der Waals surface area contributed by atoms with Crippen LogP contribution in [0.4, 0.5) is 0 Å². The van der Waals surface area contributed by atoms with E-state index in [4.69, 9.17) is 0 Å². The third kappa shape index (κ3) is 8.83. The summed E-state index contributed by atoms with van der Waals surface area (Å²) < 4.78 is 0. The van der Waals surface area contributed by atoms with Crippen LogP contribution in [0.1, 0.15) is 203 Å². The highest BCUT2D eigenvalue weighted by Crippen LogP contribution is 2.50. The molecule has 0 unspecified atom stereocenters. The van der Waals surface area contributed by atoms with E-state index < -0.39 is 0 Å². The van der Waals surface area contributed by atoms with E-state index in [0.29, 0.717) is 28.0 Å². The maximum atomic E-state index is 15.1.